The molecule has 0 spiro atoms. The first kappa shape index (κ1) is 21.2. The van der Waals surface area contributed by atoms with Crippen LogP contribution in [0.15, 0.2) is 35.3 Å². The van der Waals surface area contributed by atoms with Crippen molar-refractivity contribution in [1.82, 2.24) is 19.9 Å². The zero-order valence-corrected chi connectivity index (χ0v) is 17.5. The number of nitrogens with one attached hydrogen (secondary N) is 2. The van der Waals surface area contributed by atoms with Gasteiger partial charge in [0.05, 0.1) is 30.4 Å². The van der Waals surface area contributed by atoms with Crippen LogP contribution in [-0.2, 0) is 22.6 Å². The Labute approximate surface area is 178 Å². The summed E-state index contributed by atoms with van der Waals surface area (Å²) in [7, 11) is 0. The second-order valence-electron chi connectivity index (χ2n) is 8.11. The van der Waals surface area contributed by atoms with Crippen molar-refractivity contribution in [3.8, 4) is 11.4 Å². The van der Waals surface area contributed by atoms with Crippen LogP contribution >= 0.6 is 0 Å². The van der Waals surface area contributed by atoms with Crippen LogP contribution in [0.5, 0.6) is 0 Å². The molecule has 9 nitrogen and oxygen atoms in total. The first-order valence-corrected chi connectivity index (χ1v) is 10.2. The molecule has 1 saturated heterocycles. The number of aliphatic carboxylic acids is 1. The second-order valence-corrected chi connectivity index (χ2v) is 8.11. The van der Waals surface area contributed by atoms with Gasteiger partial charge in [0, 0.05) is 36.3 Å². The van der Waals surface area contributed by atoms with Gasteiger partial charge in [-0.1, -0.05) is 6.07 Å². The van der Waals surface area contributed by atoms with Crippen LogP contribution in [0.4, 0.5) is 0 Å². The number of nitrogens with zero attached hydrogens (tertiary/aromatic N) is 2. The van der Waals surface area contributed by atoms with Gasteiger partial charge in [-0.05, 0) is 37.6 Å². The zero-order chi connectivity index (χ0) is 22.1. The van der Waals surface area contributed by atoms with Crippen LogP contribution in [0.3, 0.4) is 0 Å². The van der Waals surface area contributed by atoms with Gasteiger partial charge in [0.1, 0.15) is 11.9 Å². The molecule has 0 aliphatic carbocycles. The molecule has 0 radical (unpaired) electrons. The maximum atomic E-state index is 11.8. The van der Waals surface area contributed by atoms with Gasteiger partial charge in [-0.15, -0.1) is 0 Å². The highest BCUT2D eigenvalue weighted by molar-refractivity contribution is 5.81. The van der Waals surface area contributed by atoms with Gasteiger partial charge in [0.15, 0.2) is 0 Å². The number of aliphatic hydroxyl groups excluding tert-OH is 1. The number of fused-ring (bicyclic) bond motifs is 1. The summed E-state index contributed by atoms with van der Waals surface area (Å²) in [5.41, 5.74) is 3.92. The molecule has 3 aromatic rings. The Bertz CT molecular complexity index is 1160. The molecule has 0 bridgehead atoms. The molecule has 164 valence electrons. The number of aromatic amines is 1. The van der Waals surface area contributed by atoms with Gasteiger partial charge in [0.2, 0.25) is 0 Å². The van der Waals surface area contributed by atoms with Gasteiger partial charge in [-0.25, -0.2) is 4.98 Å². The first-order valence-electron chi connectivity index (χ1n) is 10.2. The van der Waals surface area contributed by atoms with Crippen LogP contribution in [0.2, 0.25) is 0 Å². The number of hydrogen-bond donors (Lipinski definition) is 4. The number of rotatable bonds is 8. The Hall–Kier alpha value is -3.01. The molecule has 0 amide bonds. The summed E-state index contributed by atoms with van der Waals surface area (Å²) in [6.45, 7) is 5.67. The molecule has 0 saturated carbocycles. The molecular weight excluding hydrogens is 400 g/mol. The third kappa shape index (κ3) is 4.39. The highest BCUT2D eigenvalue weighted by Gasteiger charge is 2.24. The summed E-state index contributed by atoms with van der Waals surface area (Å²) < 4.78 is 7.47. The molecule has 1 aliphatic heterocycles. The Kier molecular flexibility index (Phi) is 5.90. The molecule has 1 aliphatic rings. The average molecular weight is 426 g/mol. The molecule has 3 heterocycles. The summed E-state index contributed by atoms with van der Waals surface area (Å²) in [5.74, 6) is 0.0706. The fourth-order valence-electron chi connectivity index (χ4n) is 3.76. The Morgan fingerprint density at radius 1 is 1.39 bits per heavy atom. The van der Waals surface area contributed by atoms with E-state index >= 15 is 0 Å². The summed E-state index contributed by atoms with van der Waals surface area (Å²) in [6, 6.07) is 6.59. The van der Waals surface area contributed by atoms with Crippen LogP contribution in [0.25, 0.3) is 22.4 Å². The average Bonchev–Trinajstić information content (AvgIpc) is 3.04. The van der Waals surface area contributed by atoms with Gasteiger partial charge in [-0.3, -0.25) is 14.9 Å². The SMILES string of the molecule is Cc1cc(-c2nc3cc(CNC(C(=O)O)C(C)O)ccc3n2CC2COC2)c[nH]c1=O. The number of pyridine rings is 1. The van der Waals surface area contributed by atoms with E-state index in [-0.39, 0.29) is 12.1 Å². The van der Waals surface area contributed by atoms with Gasteiger partial charge < -0.3 is 24.5 Å². The summed E-state index contributed by atoms with van der Waals surface area (Å²) in [6.07, 6.45) is 0.660. The van der Waals surface area contributed by atoms with Crippen molar-refractivity contribution < 1.29 is 19.7 Å². The first-order chi connectivity index (χ1) is 14.8. The van der Waals surface area contributed by atoms with Crippen LogP contribution in [-0.4, -0.2) is 56.1 Å². The lowest BCUT2D eigenvalue weighted by atomic mass is 10.1. The molecular formula is C22H26N4O5. The number of H-pyrrole nitrogens is 1. The standard InChI is InChI=1S/C22H26N4O5/c1-12-5-16(8-24-21(12)28)20-25-17-6-14(7-23-19(13(2)27)22(29)30)3-4-18(17)26(20)9-15-10-31-11-15/h3-6,8,13,15,19,23,27H,7,9-11H2,1-2H3,(H,24,28)(H,29,30). The number of aryl methyl sites for hydroxylation is 1. The Morgan fingerprint density at radius 3 is 2.77 bits per heavy atom. The van der Waals surface area contributed by atoms with E-state index < -0.39 is 18.1 Å². The molecule has 9 heteroatoms. The fourth-order valence-corrected chi connectivity index (χ4v) is 3.76. The third-order valence-electron chi connectivity index (χ3n) is 5.58. The summed E-state index contributed by atoms with van der Waals surface area (Å²) >= 11 is 0. The van der Waals surface area contributed by atoms with Crippen LogP contribution < -0.4 is 10.9 Å². The largest absolute Gasteiger partial charge is 0.480 e. The smallest absolute Gasteiger partial charge is 0.323 e. The van der Waals surface area contributed by atoms with Crippen LogP contribution in [0.1, 0.15) is 18.1 Å². The van der Waals surface area contributed by atoms with E-state index in [9.17, 15) is 19.8 Å². The highest BCUT2D eigenvalue weighted by atomic mass is 16.5. The third-order valence-corrected chi connectivity index (χ3v) is 5.58. The number of carbonyl (C=O) groups is 1. The topological polar surface area (TPSA) is 129 Å². The molecule has 4 N–H and O–H groups in total. The van der Waals surface area contributed by atoms with Crippen molar-refractivity contribution in [3.63, 3.8) is 0 Å². The van der Waals surface area contributed by atoms with E-state index in [1.165, 1.54) is 6.92 Å². The maximum Gasteiger partial charge on any atom is 0.323 e. The number of hydrogen-bond acceptors (Lipinski definition) is 6. The lowest BCUT2D eigenvalue weighted by molar-refractivity contribution is -0.142. The van der Waals surface area contributed by atoms with Gasteiger partial charge >= 0.3 is 5.97 Å². The van der Waals surface area contributed by atoms with E-state index in [0.29, 0.717) is 24.7 Å². The van der Waals surface area contributed by atoms with Crippen molar-refractivity contribution >= 4 is 17.0 Å². The van der Waals surface area contributed by atoms with Crippen molar-refractivity contribution in [2.75, 3.05) is 13.2 Å². The fraction of sp³-hybridized carbons (Fsp3) is 0.409. The summed E-state index contributed by atoms with van der Waals surface area (Å²) in [4.78, 5) is 30.7. The predicted molar refractivity (Wildman–Crippen MR) is 115 cm³/mol. The minimum atomic E-state index is -1.10. The van der Waals surface area contributed by atoms with Crippen molar-refractivity contribution in [1.29, 1.82) is 0 Å². The number of ether oxygens (including phenoxy) is 1. The number of imidazole rings is 1. The predicted octanol–water partition coefficient (Wildman–Crippen LogP) is 1.27. The van der Waals surface area contributed by atoms with E-state index in [0.717, 1.165) is 34.5 Å². The number of aromatic nitrogens is 3. The molecule has 31 heavy (non-hydrogen) atoms. The Morgan fingerprint density at radius 2 is 2.16 bits per heavy atom. The van der Waals surface area contributed by atoms with E-state index in [4.69, 9.17) is 9.72 Å². The van der Waals surface area contributed by atoms with Crippen molar-refractivity contribution in [3.05, 3.63) is 51.9 Å². The maximum absolute atomic E-state index is 11.8. The quantitative estimate of drug-likeness (QED) is 0.427. The van der Waals surface area contributed by atoms with E-state index in [2.05, 4.69) is 14.9 Å². The number of aliphatic hydroxyl groups is 1. The lowest BCUT2D eigenvalue weighted by Gasteiger charge is -2.27. The van der Waals surface area contributed by atoms with E-state index in [1.807, 2.05) is 24.3 Å². The minimum Gasteiger partial charge on any atom is -0.480 e. The Balaban J connectivity index is 1.69. The highest BCUT2D eigenvalue weighted by Crippen LogP contribution is 2.28. The van der Waals surface area contributed by atoms with Crippen molar-refractivity contribution in [2.45, 2.75) is 39.1 Å². The number of carboxylic acids is 1. The molecule has 2 aromatic heterocycles. The molecule has 1 aromatic carbocycles. The number of benzene rings is 1. The van der Waals surface area contributed by atoms with Gasteiger partial charge in [-0.2, -0.15) is 0 Å². The van der Waals surface area contributed by atoms with E-state index in [1.54, 1.807) is 13.1 Å². The molecule has 2 unspecified atom stereocenters. The summed E-state index contributed by atoms with van der Waals surface area (Å²) in [5, 5.41) is 21.8. The molecule has 2 atom stereocenters. The lowest BCUT2D eigenvalue weighted by Crippen LogP contribution is -2.44. The van der Waals surface area contributed by atoms with Crippen LogP contribution in [0, 0.1) is 12.8 Å². The normalized spacial score (nSPS) is 16.2. The van der Waals surface area contributed by atoms with Crippen molar-refractivity contribution in [2.24, 2.45) is 5.92 Å². The zero-order valence-electron chi connectivity index (χ0n) is 17.5. The van der Waals surface area contributed by atoms with Gasteiger partial charge in [0.25, 0.3) is 5.56 Å². The minimum absolute atomic E-state index is 0.127. The number of carboxylic acid groups (broad SMARTS) is 1. The molecule has 1 fully saturated rings. The molecule has 4 rings (SSSR count). The second kappa shape index (κ2) is 8.62. The monoisotopic (exact) mass is 426 g/mol.